The molecule has 7 heteroatoms. The summed E-state index contributed by atoms with van der Waals surface area (Å²) in [7, 11) is -3.69. The van der Waals surface area contributed by atoms with Crippen molar-refractivity contribution in [2.45, 2.75) is 37.7 Å². The number of para-hydroxylation sites is 1. The Morgan fingerprint density at radius 1 is 1.00 bits per heavy atom. The first kappa shape index (κ1) is 20.8. The molecule has 0 aliphatic rings. The topological polar surface area (TPSA) is 75.7 Å². The van der Waals surface area contributed by atoms with Gasteiger partial charge < -0.3 is 10.1 Å². The Balaban J connectivity index is 2.08. The van der Waals surface area contributed by atoms with E-state index in [2.05, 4.69) is 5.32 Å². The summed E-state index contributed by atoms with van der Waals surface area (Å²) in [6, 6.07) is 17.2. The number of ether oxygens (including phenoxy) is 1. The zero-order valence-corrected chi connectivity index (χ0v) is 16.7. The van der Waals surface area contributed by atoms with E-state index in [1.165, 1.54) is 4.31 Å². The van der Waals surface area contributed by atoms with Gasteiger partial charge in [0.2, 0.25) is 0 Å². The van der Waals surface area contributed by atoms with Crippen LogP contribution in [0.1, 0.15) is 27.2 Å². The summed E-state index contributed by atoms with van der Waals surface area (Å²) >= 11 is 0. The maximum absolute atomic E-state index is 13.1. The first-order valence-corrected chi connectivity index (χ1v) is 10.2. The number of benzene rings is 2. The normalized spacial score (nSPS) is 11.7. The SMILES string of the molecule is CC(C)(C)OC(=O)NCCCN(c1ccccc1)S(=O)(=O)c1ccccc1. The number of carbonyl (C=O) groups is 1. The second kappa shape index (κ2) is 8.90. The molecule has 0 heterocycles. The summed E-state index contributed by atoms with van der Waals surface area (Å²) in [5.74, 6) is 0. The summed E-state index contributed by atoms with van der Waals surface area (Å²) in [5.41, 5.74) is 0.00944. The van der Waals surface area contributed by atoms with Gasteiger partial charge in [0.25, 0.3) is 10.0 Å². The van der Waals surface area contributed by atoms with Crippen molar-refractivity contribution < 1.29 is 17.9 Å². The third-order valence-electron chi connectivity index (χ3n) is 3.58. The van der Waals surface area contributed by atoms with Crippen molar-refractivity contribution in [2.24, 2.45) is 0 Å². The second-order valence-corrected chi connectivity index (χ2v) is 8.87. The molecular weight excluding hydrogens is 364 g/mol. The first-order chi connectivity index (χ1) is 12.7. The lowest BCUT2D eigenvalue weighted by atomic mass is 10.2. The molecule has 0 saturated carbocycles. The van der Waals surface area contributed by atoms with E-state index in [1.807, 2.05) is 6.07 Å². The zero-order valence-electron chi connectivity index (χ0n) is 15.9. The van der Waals surface area contributed by atoms with Gasteiger partial charge in [0, 0.05) is 13.1 Å². The minimum Gasteiger partial charge on any atom is -0.444 e. The van der Waals surface area contributed by atoms with Gasteiger partial charge in [-0.25, -0.2) is 13.2 Å². The lowest BCUT2D eigenvalue weighted by molar-refractivity contribution is 0.0527. The molecule has 0 bridgehead atoms. The van der Waals surface area contributed by atoms with Crippen molar-refractivity contribution in [3.05, 3.63) is 60.7 Å². The first-order valence-electron chi connectivity index (χ1n) is 8.80. The second-order valence-electron chi connectivity index (χ2n) is 7.01. The van der Waals surface area contributed by atoms with Crippen molar-refractivity contribution in [2.75, 3.05) is 17.4 Å². The van der Waals surface area contributed by atoms with Crippen molar-refractivity contribution in [3.8, 4) is 0 Å². The number of alkyl carbamates (subject to hydrolysis) is 1. The molecule has 0 fully saturated rings. The van der Waals surface area contributed by atoms with Gasteiger partial charge in [-0.05, 0) is 51.5 Å². The summed E-state index contributed by atoms with van der Waals surface area (Å²) in [6.07, 6.45) is -0.0695. The predicted octanol–water partition coefficient (Wildman–Crippen LogP) is 3.80. The van der Waals surface area contributed by atoms with Crippen LogP contribution in [0.3, 0.4) is 0 Å². The van der Waals surface area contributed by atoms with Crippen LogP contribution in [0, 0.1) is 0 Å². The average molecular weight is 391 g/mol. The highest BCUT2D eigenvalue weighted by Gasteiger charge is 2.24. The van der Waals surface area contributed by atoms with Gasteiger partial charge in [-0.15, -0.1) is 0 Å². The molecule has 0 saturated heterocycles. The van der Waals surface area contributed by atoms with E-state index in [0.29, 0.717) is 18.7 Å². The fraction of sp³-hybridized carbons (Fsp3) is 0.350. The largest absolute Gasteiger partial charge is 0.444 e. The van der Waals surface area contributed by atoms with Gasteiger partial charge in [0.15, 0.2) is 0 Å². The number of sulfonamides is 1. The van der Waals surface area contributed by atoms with Crippen LogP contribution in [0.2, 0.25) is 0 Å². The highest BCUT2D eigenvalue weighted by molar-refractivity contribution is 7.92. The minimum absolute atomic E-state index is 0.231. The van der Waals surface area contributed by atoms with Gasteiger partial charge in [-0.1, -0.05) is 36.4 Å². The van der Waals surface area contributed by atoms with Crippen molar-refractivity contribution in [1.29, 1.82) is 0 Å². The molecule has 0 unspecified atom stereocenters. The standard InChI is InChI=1S/C20H26N2O4S/c1-20(2,3)26-19(23)21-15-10-16-22(17-11-6-4-7-12-17)27(24,25)18-13-8-5-9-14-18/h4-9,11-14H,10,15-16H2,1-3H3,(H,21,23). The van der Waals surface area contributed by atoms with Crippen LogP contribution < -0.4 is 9.62 Å². The smallest absolute Gasteiger partial charge is 0.407 e. The van der Waals surface area contributed by atoms with Crippen molar-refractivity contribution in [3.63, 3.8) is 0 Å². The van der Waals surface area contributed by atoms with E-state index in [0.717, 1.165) is 0 Å². The van der Waals surface area contributed by atoms with E-state index >= 15 is 0 Å². The molecule has 2 aromatic carbocycles. The molecule has 0 spiro atoms. The number of amides is 1. The Bertz CT molecular complexity index is 831. The lowest BCUT2D eigenvalue weighted by Gasteiger charge is -2.25. The molecule has 27 heavy (non-hydrogen) atoms. The molecule has 6 nitrogen and oxygen atoms in total. The Morgan fingerprint density at radius 3 is 2.11 bits per heavy atom. The van der Waals surface area contributed by atoms with Crippen LogP contribution in [0.25, 0.3) is 0 Å². The summed E-state index contributed by atoms with van der Waals surface area (Å²) in [4.78, 5) is 12.0. The van der Waals surface area contributed by atoms with Gasteiger partial charge >= 0.3 is 6.09 Å². The molecule has 1 N–H and O–H groups in total. The third kappa shape index (κ3) is 6.29. The molecule has 1 amide bonds. The Hall–Kier alpha value is -2.54. The molecule has 0 atom stereocenters. The predicted molar refractivity (Wildman–Crippen MR) is 106 cm³/mol. The third-order valence-corrected chi connectivity index (χ3v) is 5.42. The Labute approximate surface area is 161 Å². The van der Waals surface area contributed by atoms with Gasteiger partial charge in [-0.2, -0.15) is 0 Å². The van der Waals surface area contributed by atoms with Crippen molar-refractivity contribution in [1.82, 2.24) is 5.32 Å². The fourth-order valence-corrected chi connectivity index (χ4v) is 3.95. The molecular formula is C20H26N2O4S. The summed E-state index contributed by atoms with van der Waals surface area (Å²) in [6.45, 7) is 5.90. The Kier molecular flexibility index (Phi) is 6.85. The molecule has 0 aromatic heterocycles. The monoisotopic (exact) mass is 390 g/mol. The van der Waals surface area contributed by atoms with E-state index < -0.39 is 21.7 Å². The van der Waals surface area contributed by atoms with Crippen LogP contribution >= 0.6 is 0 Å². The molecule has 0 aliphatic carbocycles. The maximum atomic E-state index is 13.1. The highest BCUT2D eigenvalue weighted by atomic mass is 32.2. The fourth-order valence-electron chi connectivity index (χ4n) is 2.43. The average Bonchev–Trinajstić information content (AvgIpc) is 2.61. The molecule has 146 valence electrons. The molecule has 0 radical (unpaired) electrons. The molecule has 0 aliphatic heterocycles. The maximum Gasteiger partial charge on any atom is 0.407 e. The lowest BCUT2D eigenvalue weighted by Crippen LogP contribution is -2.36. The number of nitrogens with one attached hydrogen (secondary N) is 1. The van der Waals surface area contributed by atoms with Crippen LogP contribution in [0.4, 0.5) is 10.5 Å². The Morgan fingerprint density at radius 2 is 1.56 bits per heavy atom. The number of rotatable bonds is 7. The molecule has 2 aromatic rings. The van der Waals surface area contributed by atoms with E-state index in [4.69, 9.17) is 4.74 Å². The summed E-state index contributed by atoms with van der Waals surface area (Å²) in [5, 5.41) is 2.65. The minimum atomic E-state index is -3.69. The highest BCUT2D eigenvalue weighted by Crippen LogP contribution is 2.23. The van der Waals surface area contributed by atoms with Gasteiger partial charge in [-0.3, -0.25) is 4.31 Å². The van der Waals surface area contributed by atoms with Gasteiger partial charge in [0.05, 0.1) is 10.6 Å². The number of anilines is 1. The number of nitrogens with zero attached hydrogens (tertiary/aromatic N) is 1. The van der Waals surface area contributed by atoms with Crippen molar-refractivity contribution >= 4 is 21.8 Å². The number of carbonyl (C=O) groups excluding carboxylic acids is 1. The van der Waals surface area contributed by atoms with Gasteiger partial charge in [0.1, 0.15) is 5.60 Å². The van der Waals surface area contributed by atoms with E-state index in [-0.39, 0.29) is 11.4 Å². The van der Waals surface area contributed by atoms with Crippen LogP contribution in [-0.2, 0) is 14.8 Å². The van der Waals surface area contributed by atoms with Crippen LogP contribution in [0.15, 0.2) is 65.6 Å². The van der Waals surface area contributed by atoms with Crippen LogP contribution in [0.5, 0.6) is 0 Å². The zero-order chi connectivity index (χ0) is 19.9. The summed E-state index contributed by atoms with van der Waals surface area (Å²) < 4.78 is 32.7. The molecule has 2 rings (SSSR count). The number of hydrogen-bond donors (Lipinski definition) is 1. The number of hydrogen-bond acceptors (Lipinski definition) is 4. The van der Waals surface area contributed by atoms with E-state index in [9.17, 15) is 13.2 Å². The quantitative estimate of drug-likeness (QED) is 0.730. The van der Waals surface area contributed by atoms with E-state index in [1.54, 1.807) is 75.4 Å². The van der Waals surface area contributed by atoms with Crippen LogP contribution in [-0.4, -0.2) is 33.2 Å².